The van der Waals surface area contributed by atoms with E-state index in [1.165, 1.54) is 56.9 Å². The zero-order valence-corrected chi connectivity index (χ0v) is 17.5. The highest BCUT2D eigenvalue weighted by Gasteiger charge is 2.31. The van der Waals surface area contributed by atoms with Gasteiger partial charge in [0.25, 0.3) is 5.91 Å². The summed E-state index contributed by atoms with van der Waals surface area (Å²) in [6.45, 7) is 2.95. The standard InChI is InChI=1S/C22H35N3O.ClH/c1-2-3-4-5-6-7-8-9-11-18-13-15-19(16-14-18)22(26)25-17-10-12-20(25)21(23)24;/h13-16,20H,2-12,17H2,1H3,(H3,23,24);1H/t20-;/m0./s1. The van der Waals surface area contributed by atoms with Gasteiger partial charge in [-0.1, -0.05) is 64.0 Å². The fourth-order valence-corrected chi connectivity index (χ4v) is 3.78. The van der Waals surface area contributed by atoms with Crippen molar-refractivity contribution in [3.05, 3.63) is 35.4 Å². The van der Waals surface area contributed by atoms with Crippen LogP contribution in [0.15, 0.2) is 24.3 Å². The van der Waals surface area contributed by atoms with Crippen LogP contribution in [0.2, 0.25) is 0 Å². The van der Waals surface area contributed by atoms with E-state index >= 15 is 0 Å². The lowest BCUT2D eigenvalue weighted by Crippen LogP contribution is -2.43. The molecule has 1 aliphatic rings. The topological polar surface area (TPSA) is 70.2 Å². The Balaban J connectivity index is 0.00000364. The first-order chi connectivity index (χ1) is 12.6. The number of likely N-dealkylation sites (tertiary alicyclic amines) is 1. The second-order valence-corrected chi connectivity index (χ2v) is 7.53. The van der Waals surface area contributed by atoms with Crippen molar-refractivity contribution in [2.75, 3.05) is 6.54 Å². The Morgan fingerprint density at radius 3 is 2.26 bits per heavy atom. The van der Waals surface area contributed by atoms with Crippen molar-refractivity contribution >= 4 is 24.1 Å². The van der Waals surface area contributed by atoms with Gasteiger partial charge in [0.15, 0.2) is 0 Å². The molecule has 0 spiro atoms. The molecule has 1 fully saturated rings. The van der Waals surface area contributed by atoms with E-state index in [0.29, 0.717) is 12.1 Å². The van der Waals surface area contributed by atoms with E-state index in [2.05, 4.69) is 19.1 Å². The van der Waals surface area contributed by atoms with Crippen LogP contribution in [0.1, 0.15) is 87.1 Å². The molecule has 0 aromatic heterocycles. The Kier molecular flexibility index (Phi) is 11.1. The lowest BCUT2D eigenvalue weighted by molar-refractivity contribution is 0.0769. The van der Waals surface area contributed by atoms with Gasteiger partial charge < -0.3 is 10.6 Å². The number of nitrogens with two attached hydrogens (primary N) is 1. The molecule has 152 valence electrons. The molecule has 2 rings (SSSR count). The van der Waals surface area contributed by atoms with Crippen LogP contribution < -0.4 is 5.73 Å². The number of aryl methyl sites for hydroxylation is 1. The number of halogens is 1. The molecule has 1 aromatic rings. The number of hydrogen-bond donors (Lipinski definition) is 2. The third-order valence-corrected chi connectivity index (χ3v) is 5.39. The van der Waals surface area contributed by atoms with Crippen molar-refractivity contribution in [1.29, 1.82) is 5.41 Å². The van der Waals surface area contributed by atoms with E-state index < -0.39 is 0 Å². The molecule has 0 radical (unpaired) electrons. The third kappa shape index (κ3) is 7.53. The number of hydrogen-bond acceptors (Lipinski definition) is 2. The van der Waals surface area contributed by atoms with E-state index in [1.807, 2.05) is 12.1 Å². The number of carbonyl (C=O) groups excluding carboxylic acids is 1. The summed E-state index contributed by atoms with van der Waals surface area (Å²) in [5.41, 5.74) is 7.64. The largest absolute Gasteiger partial charge is 0.386 e. The molecule has 0 saturated carbocycles. The minimum Gasteiger partial charge on any atom is -0.386 e. The quantitative estimate of drug-likeness (QED) is 0.303. The van der Waals surface area contributed by atoms with E-state index in [-0.39, 0.29) is 30.2 Å². The van der Waals surface area contributed by atoms with Gasteiger partial charge in [-0.15, -0.1) is 12.4 Å². The summed E-state index contributed by atoms with van der Waals surface area (Å²) in [4.78, 5) is 14.4. The van der Waals surface area contributed by atoms with Gasteiger partial charge in [-0.05, 0) is 43.4 Å². The Labute approximate surface area is 170 Å². The molecule has 1 atom stereocenters. The van der Waals surface area contributed by atoms with Gasteiger partial charge in [0.05, 0.1) is 6.04 Å². The predicted molar refractivity (Wildman–Crippen MR) is 116 cm³/mol. The van der Waals surface area contributed by atoms with E-state index in [0.717, 1.165) is 19.3 Å². The fraction of sp³-hybridized carbons (Fsp3) is 0.636. The lowest BCUT2D eigenvalue weighted by atomic mass is 10.0. The van der Waals surface area contributed by atoms with E-state index in [9.17, 15) is 4.79 Å². The van der Waals surface area contributed by atoms with Crippen LogP contribution in [0.4, 0.5) is 0 Å². The van der Waals surface area contributed by atoms with Crippen molar-refractivity contribution in [2.45, 2.75) is 83.6 Å². The Morgan fingerprint density at radius 1 is 1.07 bits per heavy atom. The van der Waals surface area contributed by atoms with Crippen molar-refractivity contribution in [1.82, 2.24) is 4.90 Å². The van der Waals surface area contributed by atoms with Crippen molar-refractivity contribution in [2.24, 2.45) is 5.73 Å². The molecule has 0 bridgehead atoms. The summed E-state index contributed by atoms with van der Waals surface area (Å²) in [6, 6.07) is 7.79. The molecule has 5 heteroatoms. The minimum absolute atomic E-state index is 0. The first kappa shape index (κ1) is 23.5. The predicted octanol–water partition coefficient (Wildman–Crippen LogP) is 5.33. The number of rotatable bonds is 11. The number of carbonyl (C=O) groups is 1. The first-order valence-corrected chi connectivity index (χ1v) is 10.4. The summed E-state index contributed by atoms with van der Waals surface area (Å²) < 4.78 is 0. The van der Waals surface area contributed by atoms with Gasteiger partial charge in [0, 0.05) is 12.1 Å². The molecule has 0 aliphatic carbocycles. The van der Waals surface area contributed by atoms with Crippen LogP contribution in [-0.4, -0.2) is 29.2 Å². The van der Waals surface area contributed by atoms with Crippen LogP contribution >= 0.6 is 12.4 Å². The number of nitrogens with zero attached hydrogens (tertiary/aromatic N) is 1. The SMILES string of the molecule is CCCCCCCCCCc1ccc(C(=O)N2CCC[C@H]2C(=N)N)cc1.Cl. The summed E-state index contributed by atoms with van der Waals surface area (Å²) in [5, 5.41) is 7.65. The summed E-state index contributed by atoms with van der Waals surface area (Å²) >= 11 is 0. The summed E-state index contributed by atoms with van der Waals surface area (Å²) in [5.74, 6) is 0.100. The van der Waals surface area contributed by atoms with Crippen molar-refractivity contribution in [3.63, 3.8) is 0 Å². The number of nitrogens with one attached hydrogen (secondary N) is 1. The van der Waals surface area contributed by atoms with Crippen molar-refractivity contribution < 1.29 is 4.79 Å². The van der Waals surface area contributed by atoms with Gasteiger partial charge in [-0.25, -0.2) is 0 Å². The maximum Gasteiger partial charge on any atom is 0.254 e. The average molecular weight is 394 g/mol. The molecule has 27 heavy (non-hydrogen) atoms. The highest BCUT2D eigenvalue weighted by molar-refractivity contribution is 5.98. The Hall–Kier alpha value is -1.55. The number of unbranched alkanes of at least 4 members (excludes halogenated alkanes) is 7. The molecule has 1 heterocycles. The van der Waals surface area contributed by atoms with Gasteiger partial charge in [-0.3, -0.25) is 10.2 Å². The van der Waals surface area contributed by atoms with Crippen LogP contribution in [0.3, 0.4) is 0 Å². The molecule has 3 N–H and O–H groups in total. The zero-order valence-electron chi connectivity index (χ0n) is 16.7. The van der Waals surface area contributed by atoms with Gasteiger partial charge in [-0.2, -0.15) is 0 Å². The number of benzene rings is 1. The van der Waals surface area contributed by atoms with Crippen molar-refractivity contribution in [3.8, 4) is 0 Å². The number of amides is 1. The summed E-state index contributed by atoms with van der Waals surface area (Å²) in [6.07, 6.45) is 13.5. The minimum atomic E-state index is -0.223. The molecule has 1 amide bonds. The van der Waals surface area contributed by atoms with Crippen LogP contribution in [0.25, 0.3) is 0 Å². The smallest absolute Gasteiger partial charge is 0.254 e. The first-order valence-electron chi connectivity index (χ1n) is 10.4. The highest BCUT2D eigenvalue weighted by Crippen LogP contribution is 2.20. The van der Waals surface area contributed by atoms with Crippen LogP contribution in [0, 0.1) is 5.41 Å². The third-order valence-electron chi connectivity index (χ3n) is 5.39. The molecule has 1 aliphatic heterocycles. The molecule has 4 nitrogen and oxygen atoms in total. The van der Waals surface area contributed by atoms with Gasteiger partial charge in [0.2, 0.25) is 0 Å². The molecule has 1 aromatic carbocycles. The van der Waals surface area contributed by atoms with E-state index in [1.54, 1.807) is 4.90 Å². The number of amidine groups is 1. The maximum atomic E-state index is 12.7. The fourth-order valence-electron chi connectivity index (χ4n) is 3.78. The van der Waals surface area contributed by atoms with Gasteiger partial charge in [0.1, 0.15) is 5.84 Å². The molecule has 1 saturated heterocycles. The second kappa shape index (κ2) is 12.8. The monoisotopic (exact) mass is 393 g/mol. The van der Waals surface area contributed by atoms with Crippen LogP contribution in [-0.2, 0) is 6.42 Å². The average Bonchev–Trinajstić information content (AvgIpc) is 3.14. The zero-order chi connectivity index (χ0) is 18.8. The molecular formula is C22H36ClN3O. The normalized spacial score (nSPS) is 16.2. The van der Waals surface area contributed by atoms with Gasteiger partial charge >= 0.3 is 0 Å². The molecular weight excluding hydrogens is 358 g/mol. The second-order valence-electron chi connectivity index (χ2n) is 7.53. The lowest BCUT2D eigenvalue weighted by Gasteiger charge is -2.23. The maximum absolute atomic E-state index is 12.7. The summed E-state index contributed by atoms with van der Waals surface area (Å²) in [7, 11) is 0. The van der Waals surface area contributed by atoms with E-state index in [4.69, 9.17) is 11.1 Å². The highest BCUT2D eigenvalue weighted by atomic mass is 35.5. The Morgan fingerprint density at radius 2 is 1.67 bits per heavy atom. The molecule has 0 unspecified atom stereocenters. The Bertz CT molecular complexity index is 573. The van der Waals surface area contributed by atoms with Crippen LogP contribution in [0.5, 0.6) is 0 Å².